The fourth-order valence-electron chi connectivity index (χ4n) is 1.41. The zero-order chi connectivity index (χ0) is 12.9. The number of hydrogen-bond acceptors (Lipinski definition) is 4. The minimum Gasteiger partial charge on any atom is -0.492 e. The molecular weight excluding hydrogens is 238 g/mol. The van der Waals surface area contributed by atoms with E-state index in [-0.39, 0.29) is 18.1 Å². The van der Waals surface area contributed by atoms with Gasteiger partial charge in [-0.15, -0.1) is 0 Å². The van der Waals surface area contributed by atoms with Crippen LogP contribution in [0.15, 0.2) is 18.2 Å². The lowest BCUT2D eigenvalue weighted by Gasteiger charge is -2.08. The van der Waals surface area contributed by atoms with Crippen molar-refractivity contribution in [2.75, 3.05) is 23.8 Å². The van der Waals surface area contributed by atoms with Crippen LogP contribution < -0.4 is 10.5 Å². The third kappa shape index (κ3) is 4.65. The summed E-state index contributed by atoms with van der Waals surface area (Å²) < 4.78 is 28.2. The van der Waals surface area contributed by atoms with E-state index >= 15 is 0 Å². The smallest absolute Gasteiger partial charge is 0.153 e. The number of sulfone groups is 1. The van der Waals surface area contributed by atoms with E-state index in [1.807, 2.05) is 19.9 Å². The Balaban J connectivity index is 2.49. The molecule has 5 heteroatoms. The van der Waals surface area contributed by atoms with Crippen molar-refractivity contribution < 1.29 is 13.2 Å². The average molecular weight is 257 g/mol. The maximum Gasteiger partial charge on any atom is 0.153 e. The maximum atomic E-state index is 11.4. The van der Waals surface area contributed by atoms with Gasteiger partial charge in [-0.2, -0.15) is 0 Å². The maximum absolute atomic E-state index is 11.4. The molecule has 0 radical (unpaired) electrons. The van der Waals surface area contributed by atoms with Gasteiger partial charge in [0.25, 0.3) is 0 Å². The number of anilines is 1. The monoisotopic (exact) mass is 257 g/mol. The SMILES string of the molecule is CCCS(=O)(=O)CCOc1ccc(C)c(N)c1. The van der Waals surface area contributed by atoms with E-state index < -0.39 is 9.84 Å². The Labute approximate surface area is 103 Å². The molecule has 0 atom stereocenters. The number of nitrogen functional groups attached to an aromatic ring is 1. The van der Waals surface area contributed by atoms with Crippen LogP contribution in [0.1, 0.15) is 18.9 Å². The number of rotatable bonds is 6. The van der Waals surface area contributed by atoms with Crippen LogP contribution >= 0.6 is 0 Å². The molecule has 0 amide bonds. The van der Waals surface area contributed by atoms with Crippen LogP contribution in [-0.4, -0.2) is 26.5 Å². The van der Waals surface area contributed by atoms with Crippen LogP contribution in [0.3, 0.4) is 0 Å². The predicted molar refractivity (Wildman–Crippen MR) is 70.0 cm³/mol. The van der Waals surface area contributed by atoms with Gasteiger partial charge in [-0.1, -0.05) is 13.0 Å². The number of ether oxygens (including phenoxy) is 1. The average Bonchev–Trinajstić information content (AvgIpc) is 2.23. The third-order valence-corrected chi connectivity index (χ3v) is 4.25. The van der Waals surface area contributed by atoms with Gasteiger partial charge in [-0.25, -0.2) is 8.42 Å². The summed E-state index contributed by atoms with van der Waals surface area (Å²) in [6.07, 6.45) is 0.639. The fourth-order valence-corrected chi connectivity index (χ4v) is 2.57. The first kappa shape index (κ1) is 13.8. The molecule has 17 heavy (non-hydrogen) atoms. The number of nitrogens with two attached hydrogens (primary N) is 1. The summed E-state index contributed by atoms with van der Waals surface area (Å²) in [6, 6.07) is 5.35. The van der Waals surface area contributed by atoms with E-state index in [4.69, 9.17) is 10.5 Å². The minimum atomic E-state index is -2.98. The predicted octanol–water partition coefficient (Wildman–Crippen LogP) is 1.78. The summed E-state index contributed by atoms with van der Waals surface area (Å²) in [5.41, 5.74) is 7.36. The van der Waals surface area contributed by atoms with E-state index in [0.29, 0.717) is 17.9 Å². The van der Waals surface area contributed by atoms with Gasteiger partial charge < -0.3 is 10.5 Å². The first-order valence-corrected chi connectivity index (χ1v) is 7.46. The Morgan fingerprint density at radius 2 is 2.00 bits per heavy atom. The molecule has 0 fully saturated rings. The van der Waals surface area contributed by atoms with Gasteiger partial charge >= 0.3 is 0 Å². The zero-order valence-electron chi connectivity index (χ0n) is 10.3. The molecule has 0 aliphatic heterocycles. The Morgan fingerprint density at radius 1 is 1.29 bits per heavy atom. The van der Waals surface area contributed by atoms with E-state index in [2.05, 4.69) is 0 Å². The molecule has 1 aromatic rings. The van der Waals surface area contributed by atoms with Gasteiger partial charge in [0.2, 0.25) is 0 Å². The Hall–Kier alpha value is -1.23. The Morgan fingerprint density at radius 3 is 2.59 bits per heavy atom. The van der Waals surface area contributed by atoms with Crippen LogP contribution in [0.25, 0.3) is 0 Å². The summed E-state index contributed by atoms with van der Waals surface area (Å²) in [5, 5.41) is 0. The molecule has 96 valence electrons. The second-order valence-electron chi connectivity index (χ2n) is 4.02. The highest BCUT2D eigenvalue weighted by Gasteiger charge is 2.09. The molecule has 0 saturated heterocycles. The van der Waals surface area contributed by atoms with Crippen LogP contribution in [0.4, 0.5) is 5.69 Å². The fraction of sp³-hybridized carbons (Fsp3) is 0.500. The molecule has 2 N–H and O–H groups in total. The van der Waals surface area contributed by atoms with Crippen LogP contribution in [0.5, 0.6) is 5.75 Å². The highest BCUT2D eigenvalue weighted by Crippen LogP contribution is 2.18. The molecule has 1 aromatic carbocycles. The summed E-state index contributed by atoms with van der Waals surface area (Å²) in [5.74, 6) is 0.876. The summed E-state index contributed by atoms with van der Waals surface area (Å²) in [6.45, 7) is 3.93. The molecular formula is C12H19NO3S. The summed E-state index contributed by atoms with van der Waals surface area (Å²) in [4.78, 5) is 0. The number of aryl methyl sites for hydroxylation is 1. The lowest BCUT2D eigenvalue weighted by atomic mass is 10.2. The molecule has 0 saturated carbocycles. The highest BCUT2D eigenvalue weighted by molar-refractivity contribution is 7.91. The zero-order valence-corrected chi connectivity index (χ0v) is 11.1. The van der Waals surface area contributed by atoms with Gasteiger partial charge in [-0.05, 0) is 25.0 Å². The Kier molecular flexibility index (Phi) is 4.81. The van der Waals surface area contributed by atoms with Crippen molar-refractivity contribution in [2.45, 2.75) is 20.3 Å². The second kappa shape index (κ2) is 5.91. The number of benzene rings is 1. The van der Waals surface area contributed by atoms with E-state index in [9.17, 15) is 8.42 Å². The van der Waals surface area contributed by atoms with Crippen molar-refractivity contribution in [1.82, 2.24) is 0 Å². The molecule has 0 heterocycles. The van der Waals surface area contributed by atoms with E-state index in [1.54, 1.807) is 12.1 Å². The third-order valence-electron chi connectivity index (χ3n) is 2.43. The molecule has 4 nitrogen and oxygen atoms in total. The van der Waals surface area contributed by atoms with Gasteiger partial charge in [-0.3, -0.25) is 0 Å². The topological polar surface area (TPSA) is 69.4 Å². The van der Waals surface area contributed by atoms with Gasteiger partial charge in [0, 0.05) is 11.8 Å². The van der Waals surface area contributed by atoms with Gasteiger partial charge in [0.05, 0.1) is 11.5 Å². The molecule has 0 aliphatic carbocycles. The largest absolute Gasteiger partial charge is 0.492 e. The van der Waals surface area contributed by atoms with Crippen molar-refractivity contribution in [3.05, 3.63) is 23.8 Å². The molecule has 0 spiro atoms. The minimum absolute atomic E-state index is 0.0502. The van der Waals surface area contributed by atoms with Crippen molar-refractivity contribution >= 4 is 15.5 Å². The molecule has 0 aliphatic rings. The van der Waals surface area contributed by atoms with Gasteiger partial charge in [0.15, 0.2) is 9.84 Å². The van der Waals surface area contributed by atoms with Crippen LogP contribution in [0.2, 0.25) is 0 Å². The van der Waals surface area contributed by atoms with Crippen molar-refractivity contribution in [3.8, 4) is 5.75 Å². The van der Waals surface area contributed by atoms with E-state index in [1.165, 1.54) is 0 Å². The quantitative estimate of drug-likeness (QED) is 0.789. The first-order chi connectivity index (χ1) is 7.94. The summed E-state index contributed by atoms with van der Waals surface area (Å²) >= 11 is 0. The van der Waals surface area contributed by atoms with Crippen molar-refractivity contribution in [1.29, 1.82) is 0 Å². The summed E-state index contributed by atoms with van der Waals surface area (Å²) in [7, 11) is -2.98. The lowest BCUT2D eigenvalue weighted by molar-refractivity contribution is 0.341. The van der Waals surface area contributed by atoms with Crippen molar-refractivity contribution in [3.63, 3.8) is 0 Å². The van der Waals surface area contributed by atoms with Crippen LogP contribution in [0, 0.1) is 6.92 Å². The normalized spacial score (nSPS) is 11.4. The molecule has 0 bridgehead atoms. The molecule has 0 aromatic heterocycles. The molecule has 0 unspecified atom stereocenters. The van der Waals surface area contributed by atoms with E-state index in [0.717, 1.165) is 5.56 Å². The molecule has 1 rings (SSSR count). The highest BCUT2D eigenvalue weighted by atomic mass is 32.2. The van der Waals surface area contributed by atoms with Crippen molar-refractivity contribution in [2.24, 2.45) is 0 Å². The first-order valence-electron chi connectivity index (χ1n) is 5.64. The standard InChI is InChI=1S/C12H19NO3S/c1-3-7-17(14,15)8-6-16-11-5-4-10(2)12(13)9-11/h4-5,9H,3,6-8,13H2,1-2H3. The van der Waals surface area contributed by atoms with Crippen LogP contribution in [-0.2, 0) is 9.84 Å². The second-order valence-corrected chi connectivity index (χ2v) is 6.32. The number of hydrogen-bond donors (Lipinski definition) is 1. The Bertz CT molecular complexity index is 469. The lowest BCUT2D eigenvalue weighted by Crippen LogP contribution is -2.16. The van der Waals surface area contributed by atoms with Gasteiger partial charge in [0.1, 0.15) is 12.4 Å².